The number of hydrogen-bond donors (Lipinski definition) is 1. The van der Waals surface area contributed by atoms with Crippen LogP contribution in [0.15, 0.2) is 47.6 Å². The fraction of sp³-hybridized carbons (Fsp3) is 0.400. The first kappa shape index (κ1) is 23.9. The molecule has 178 valence electrons. The van der Waals surface area contributed by atoms with Crippen molar-refractivity contribution in [3.63, 3.8) is 0 Å². The molecular weight excluding hydrogens is 458 g/mol. The van der Waals surface area contributed by atoms with Crippen molar-refractivity contribution in [1.29, 1.82) is 0 Å². The van der Waals surface area contributed by atoms with Crippen LogP contribution in [0.4, 0.5) is 11.4 Å². The zero-order valence-corrected chi connectivity index (χ0v) is 20.2. The fourth-order valence-electron chi connectivity index (χ4n) is 5.43. The zero-order chi connectivity index (χ0) is 24.9. The summed E-state index contributed by atoms with van der Waals surface area (Å²) in [7, 11) is 0. The Bertz CT molecular complexity index is 1240. The van der Waals surface area contributed by atoms with Crippen LogP contribution in [0, 0.1) is 33.3 Å². The van der Waals surface area contributed by atoms with E-state index in [0.29, 0.717) is 29.3 Å². The molecule has 0 aromatic heterocycles. The van der Waals surface area contributed by atoms with Gasteiger partial charge in [0.15, 0.2) is 0 Å². The first-order chi connectivity index (χ1) is 15.9. The fourth-order valence-corrected chi connectivity index (χ4v) is 5.65. The van der Waals surface area contributed by atoms with Crippen molar-refractivity contribution >= 4 is 40.6 Å². The lowest BCUT2D eigenvalue weighted by Crippen LogP contribution is -2.43. The van der Waals surface area contributed by atoms with Gasteiger partial charge >= 0.3 is 5.97 Å². The van der Waals surface area contributed by atoms with Crippen LogP contribution in [-0.2, 0) is 9.63 Å². The number of hydrogen-bond acceptors (Lipinski definition) is 6. The third-order valence-corrected chi connectivity index (χ3v) is 8.37. The van der Waals surface area contributed by atoms with Gasteiger partial charge in [-0.15, -0.1) is 0 Å². The summed E-state index contributed by atoms with van der Waals surface area (Å²) in [5.74, 6) is -0.877. The second-order valence-electron chi connectivity index (χ2n) is 9.85. The number of halogens is 1. The van der Waals surface area contributed by atoms with E-state index in [1.54, 1.807) is 18.2 Å². The van der Waals surface area contributed by atoms with Gasteiger partial charge in [0.1, 0.15) is 0 Å². The number of fused-ring (bicyclic) bond motifs is 2. The Kier molecular flexibility index (Phi) is 5.76. The molecule has 2 atom stereocenters. The number of nitrogens with one attached hydrogen (secondary N) is 1. The van der Waals surface area contributed by atoms with E-state index in [1.165, 1.54) is 18.2 Å². The maximum Gasteiger partial charge on any atom is 0.365 e. The number of carbonyl (C=O) groups excluding carboxylic acids is 2. The molecule has 2 aromatic carbocycles. The van der Waals surface area contributed by atoms with Crippen molar-refractivity contribution in [1.82, 2.24) is 0 Å². The van der Waals surface area contributed by atoms with Gasteiger partial charge < -0.3 is 10.2 Å². The summed E-state index contributed by atoms with van der Waals surface area (Å²) in [6, 6.07) is 10.6. The Morgan fingerprint density at radius 1 is 1.15 bits per heavy atom. The number of benzene rings is 2. The number of carbonyl (C=O) groups is 2. The number of rotatable bonds is 5. The molecule has 4 rings (SSSR count). The monoisotopic (exact) mass is 483 g/mol. The predicted molar refractivity (Wildman–Crippen MR) is 129 cm³/mol. The van der Waals surface area contributed by atoms with Gasteiger partial charge in [-0.2, -0.15) is 0 Å². The highest BCUT2D eigenvalue weighted by Gasteiger charge is 2.71. The van der Waals surface area contributed by atoms with E-state index in [0.717, 1.165) is 18.1 Å². The van der Waals surface area contributed by atoms with Crippen LogP contribution in [-0.4, -0.2) is 22.5 Å². The number of nitro groups is 1. The summed E-state index contributed by atoms with van der Waals surface area (Å²) >= 11 is 6.05. The van der Waals surface area contributed by atoms with Crippen molar-refractivity contribution in [2.24, 2.45) is 21.4 Å². The molecule has 0 aliphatic heterocycles. The Hall–Kier alpha value is -3.26. The van der Waals surface area contributed by atoms with Gasteiger partial charge in [-0.3, -0.25) is 14.9 Å². The highest BCUT2D eigenvalue weighted by molar-refractivity contribution is 6.30. The lowest BCUT2D eigenvalue weighted by molar-refractivity contribution is -0.384. The van der Waals surface area contributed by atoms with Crippen LogP contribution in [0.2, 0.25) is 5.02 Å². The van der Waals surface area contributed by atoms with Crippen LogP contribution in [0.5, 0.6) is 0 Å². The van der Waals surface area contributed by atoms with Crippen molar-refractivity contribution in [2.45, 2.75) is 47.0 Å². The van der Waals surface area contributed by atoms with Gasteiger partial charge in [0, 0.05) is 34.7 Å². The molecule has 8 nitrogen and oxygen atoms in total. The molecule has 2 aromatic rings. The first-order valence-electron chi connectivity index (χ1n) is 11.0. The predicted octanol–water partition coefficient (Wildman–Crippen LogP) is 5.92. The quantitative estimate of drug-likeness (QED) is 0.322. The third kappa shape index (κ3) is 3.57. The summed E-state index contributed by atoms with van der Waals surface area (Å²) < 4.78 is 0. The maximum absolute atomic E-state index is 13.6. The number of aryl methyl sites for hydroxylation is 1. The van der Waals surface area contributed by atoms with E-state index in [9.17, 15) is 19.7 Å². The Balaban J connectivity index is 1.59. The smallest absolute Gasteiger partial charge is 0.325 e. The molecule has 0 radical (unpaired) electrons. The molecule has 2 unspecified atom stereocenters. The van der Waals surface area contributed by atoms with E-state index in [1.807, 2.05) is 13.8 Å². The minimum absolute atomic E-state index is 0.0387. The number of non-ortho nitro benzene ring substituents is 1. The van der Waals surface area contributed by atoms with Crippen molar-refractivity contribution in [3.05, 3.63) is 68.7 Å². The highest BCUT2D eigenvalue weighted by atomic mass is 35.5. The number of nitrogens with zero attached hydrogens (tertiary/aromatic N) is 2. The molecule has 2 aliphatic rings. The van der Waals surface area contributed by atoms with Crippen LogP contribution >= 0.6 is 11.6 Å². The van der Waals surface area contributed by atoms with Crippen LogP contribution in [0.25, 0.3) is 0 Å². The summed E-state index contributed by atoms with van der Waals surface area (Å²) in [5, 5.41) is 18.9. The zero-order valence-electron chi connectivity index (χ0n) is 19.5. The summed E-state index contributed by atoms with van der Waals surface area (Å²) in [5.41, 5.74) is 0.448. The van der Waals surface area contributed by atoms with Gasteiger partial charge in [-0.25, -0.2) is 4.79 Å². The van der Waals surface area contributed by atoms with E-state index < -0.39 is 27.1 Å². The summed E-state index contributed by atoms with van der Waals surface area (Å²) in [6.07, 6.45) is 1.77. The molecule has 9 heteroatoms. The Morgan fingerprint density at radius 2 is 1.88 bits per heavy atom. The second-order valence-corrected chi connectivity index (χ2v) is 10.3. The van der Waals surface area contributed by atoms with Crippen molar-refractivity contribution < 1.29 is 19.3 Å². The Labute approximate surface area is 202 Å². The normalized spacial score (nSPS) is 25.9. The number of oxime groups is 1. The molecule has 1 N–H and O–H groups in total. The first-order valence-corrected chi connectivity index (χ1v) is 11.4. The van der Waals surface area contributed by atoms with E-state index in [2.05, 4.69) is 24.3 Å². The Morgan fingerprint density at radius 3 is 2.56 bits per heavy atom. The van der Waals surface area contributed by atoms with E-state index >= 15 is 0 Å². The van der Waals surface area contributed by atoms with Crippen molar-refractivity contribution in [2.75, 3.05) is 5.32 Å². The molecule has 2 saturated carbocycles. The van der Waals surface area contributed by atoms with E-state index in [4.69, 9.17) is 16.4 Å². The highest BCUT2D eigenvalue weighted by Crippen LogP contribution is 2.71. The van der Waals surface area contributed by atoms with Gasteiger partial charge in [-0.1, -0.05) is 43.6 Å². The lowest BCUT2D eigenvalue weighted by Gasteiger charge is -2.39. The molecule has 2 aliphatic carbocycles. The second kappa shape index (κ2) is 8.20. The molecular formula is C25H26ClN3O5. The topological polar surface area (TPSA) is 111 Å². The molecule has 1 amide bonds. The minimum Gasteiger partial charge on any atom is -0.325 e. The minimum atomic E-state index is -0.782. The SMILES string of the molecule is Cc1cc(Cl)ccc1NC(=O)C12CCC(C)(/C(=N\OC(=O)c3cccc([N+](=O)[O-])c3)C1)C2(C)C. The molecule has 0 spiro atoms. The van der Waals surface area contributed by atoms with Crippen LogP contribution in [0.1, 0.15) is 56.0 Å². The maximum atomic E-state index is 13.6. The number of nitro benzene ring substituents is 1. The summed E-state index contributed by atoms with van der Waals surface area (Å²) in [6.45, 7) is 8.04. The standard InChI is InChI=1S/C25H26ClN3O5/c1-15-12-17(26)8-9-19(15)27-22(31)25-11-10-24(4,23(25,2)3)20(14-25)28-34-21(30)16-6-5-7-18(13-16)29(32)33/h5-9,12-13H,10-11,14H2,1-4H3,(H,27,31)/b28-20-. The number of anilines is 1. The third-order valence-electron chi connectivity index (χ3n) is 8.14. The lowest BCUT2D eigenvalue weighted by atomic mass is 9.64. The van der Waals surface area contributed by atoms with E-state index in [-0.39, 0.29) is 17.2 Å². The van der Waals surface area contributed by atoms with Crippen molar-refractivity contribution in [3.8, 4) is 0 Å². The van der Waals surface area contributed by atoms with Gasteiger partial charge in [0.25, 0.3) is 5.69 Å². The van der Waals surface area contributed by atoms with Gasteiger partial charge in [-0.05, 0) is 55.0 Å². The molecule has 0 heterocycles. The van der Waals surface area contributed by atoms with Crippen LogP contribution < -0.4 is 5.32 Å². The van der Waals surface area contributed by atoms with Gasteiger partial charge in [0.05, 0.1) is 21.6 Å². The molecule has 0 saturated heterocycles. The van der Waals surface area contributed by atoms with Crippen LogP contribution in [0.3, 0.4) is 0 Å². The summed E-state index contributed by atoms with van der Waals surface area (Å²) in [4.78, 5) is 41.8. The largest absolute Gasteiger partial charge is 0.365 e. The molecule has 2 fully saturated rings. The average Bonchev–Trinajstić information content (AvgIpc) is 3.10. The molecule has 2 bridgehead atoms. The average molecular weight is 484 g/mol. The molecule has 34 heavy (non-hydrogen) atoms. The van der Waals surface area contributed by atoms with Gasteiger partial charge in [0.2, 0.25) is 5.91 Å². The number of amides is 1.